The Hall–Kier alpha value is -3.26. The fraction of sp³-hybridized carbons (Fsp3) is 0.417. The molecule has 8 heteroatoms. The number of hydrogen-bond donors (Lipinski definition) is 2. The highest BCUT2D eigenvalue weighted by atomic mass is 16.2. The van der Waals surface area contributed by atoms with Crippen molar-refractivity contribution in [2.24, 2.45) is 5.92 Å². The number of hydrogen-bond acceptors (Lipinski definition) is 5. The van der Waals surface area contributed by atoms with E-state index in [2.05, 4.69) is 15.6 Å². The summed E-state index contributed by atoms with van der Waals surface area (Å²) in [4.78, 5) is 45.7. The van der Waals surface area contributed by atoms with Crippen LogP contribution < -0.4 is 15.5 Å². The first-order valence-electron chi connectivity index (χ1n) is 11.2. The molecule has 2 fully saturated rings. The number of anilines is 3. The number of piperidine rings is 1. The molecule has 0 unspecified atom stereocenters. The smallest absolute Gasteiger partial charge is 0.238 e. The van der Waals surface area contributed by atoms with Gasteiger partial charge in [0.1, 0.15) is 5.82 Å². The van der Waals surface area contributed by atoms with Crippen LogP contribution in [0, 0.1) is 12.8 Å². The first-order chi connectivity index (χ1) is 15.5. The summed E-state index contributed by atoms with van der Waals surface area (Å²) in [6, 6.07) is 12.9. The second kappa shape index (κ2) is 9.91. The van der Waals surface area contributed by atoms with Gasteiger partial charge in [-0.05, 0) is 57.0 Å². The standard InChI is InChI=1S/C24H29N5O3/c1-17-7-4-11-21(25-17)27-24(32)18-8-5-13-28(15-18)16-22(30)26-19-9-2-3-10-20(19)29-14-6-12-23(29)31/h2-4,7,9-11,18H,5-6,8,12-16H2,1H3,(H,26,30)(H,25,27,32)/t18-/m1/s1. The Bertz CT molecular complexity index is 1010. The van der Waals surface area contributed by atoms with Crippen molar-refractivity contribution < 1.29 is 14.4 Å². The van der Waals surface area contributed by atoms with Crippen molar-refractivity contribution in [2.45, 2.75) is 32.6 Å². The third kappa shape index (κ3) is 5.31. The minimum Gasteiger partial charge on any atom is -0.323 e. The number of pyridine rings is 1. The second-order valence-electron chi connectivity index (χ2n) is 8.44. The number of nitrogens with zero attached hydrogens (tertiary/aromatic N) is 3. The third-order valence-electron chi connectivity index (χ3n) is 5.93. The Morgan fingerprint density at radius 3 is 2.69 bits per heavy atom. The first kappa shape index (κ1) is 22.0. The molecule has 3 amide bonds. The zero-order chi connectivity index (χ0) is 22.5. The van der Waals surface area contributed by atoms with Gasteiger partial charge in [-0.25, -0.2) is 4.98 Å². The summed E-state index contributed by atoms with van der Waals surface area (Å²) in [5.41, 5.74) is 2.23. The molecule has 2 aliphatic rings. The highest BCUT2D eigenvalue weighted by Gasteiger charge is 2.28. The molecule has 4 rings (SSSR count). The Balaban J connectivity index is 1.34. The predicted octanol–water partition coefficient (Wildman–Crippen LogP) is 2.81. The Morgan fingerprint density at radius 1 is 1.06 bits per heavy atom. The number of nitrogens with one attached hydrogen (secondary N) is 2. The van der Waals surface area contributed by atoms with Crippen molar-refractivity contribution in [1.29, 1.82) is 0 Å². The lowest BCUT2D eigenvalue weighted by Crippen LogP contribution is -2.44. The van der Waals surface area contributed by atoms with Gasteiger partial charge in [-0.1, -0.05) is 18.2 Å². The lowest BCUT2D eigenvalue weighted by Gasteiger charge is -2.31. The molecule has 168 valence electrons. The summed E-state index contributed by atoms with van der Waals surface area (Å²) < 4.78 is 0. The summed E-state index contributed by atoms with van der Waals surface area (Å²) in [6.07, 6.45) is 3.01. The van der Waals surface area contributed by atoms with Crippen LogP contribution in [-0.4, -0.2) is 53.8 Å². The van der Waals surface area contributed by atoms with Crippen LogP contribution in [-0.2, 0) is 14.4 Å². The summed E-state index contributed by atoms with van der Waals surface area (Å²) >= 11 is 0. The fourth-order valence-electron chi connectivity index (χ4n) is 4.36. The molecule has 1 aromatic carbocycles. The van der Waals surface area contributed by atoms with Gasteiger partial charge in [0.05, 0.1) is 23.8 Å². The largest absolute Gasteiger partial charge is 0.323 e. The molecular weight excluding hydrogens is 406 g/mol. The van der Waals surface area contributed by atoms with Crippen LogP contribution in [0.5, 0.6) is 0 Å². The van der Waals surface area contributed by atoms with Gasteiger partial charge < -0.3 is 15.5 Å². The molecule has 1 atom stereocenters. The molecule has 0 spiro atoms. The molecule has 8 nitrogen and oxygen atoms in total. The van der Waals surface area contributed by atoms with Gasteiger partial charge in [0.25, 0.3) is 0 Å². The minimum atomic E-state index is -0.187. The van der Waals surface area contributed by atoms with E-state index in [1.54, 1.807) is 11.0 Å². The number of rotatable bonds is 6. The molecule has 2 N–H and O–H groups in total. The van der Waals surface area contributed by atoms with E-state index in [9.17, 15) is 14.4 Å². The van der Waals surface area contributed by atoms with E-state index in [-0.39, 0.29) is 30.2 Å². The number of benzene rings is 1. The number of carbonyl (C=O) groups excluding carboxylic acids is 3. The van der Waals surface area contributed by atoms with Crippen molar-refractivity contribution in [3.63, 3.8) is 0 Å². The van der Waals surface area contributed by atoms with Gasteiger partial charge in [-0.2, -0.15) is 0 Å². The maximum atomic E-state index is 12.8. The predicted molar refractivity (Wildman–Crippen MR) is 123 cm³/mol. The van der Waals surface area contributed by atoms with Crippen LogP contribution in [0.15, 0.2) is 42.5 Å². The lowest BCUT2D eigenvalue weighted by molar-refractivity contribution is -0.123. The number of amides is 3. The lowest BCUT2D eigenvalue weighted by atomic mass is 9.97. The topological polar surface area (TPSA) is 94.6 Å². The van der Waals surface area contributed by atoms with E-state index >= 15 is 0 Å². The number of aryl methyl sites for hydroxylation is 1. The van der Waals surface area contributed by atoms with Gasteiger partial charge in [-0.15, -0.1) is 0 Å². The van der Waals surface area contributed by atoms with E-state index in [0.29, 0.717) is 31.0 Å². The van der Waals surface area contributed by atoms with Gasteiger partial charge in [0, 0.05) is 25.2 Å². The molecule has 1 aromatic heterocycles. The molecule has 2 saturated heterocycles. The Morgan fingerprint density at radius 2 is 1.91 bits per heavy atom. The van der Waals surface area contributed by atoms with E-state index in [1.807, 2.05) is 48.2 Å². The monoisotopic (exact) mass is 435 g/mol. The molecule has 0 bridgehead atoms. The Labute approximate surface area is 188 Å². The third-order valence-corrected chi connectivity index (χ3v) is 5.93. The first-order valence-corrected chi connectivity index (χ1v) is 11.2. The SMILES string of the molecule is Cc1cccc(NC(=O)[C@@H]2CCCN(CC(=O)Nc3ccccc3N3CCCC3=O)C2)n1. The zero-order valence-corrected chi connectivity index (χ0v) is 18.3. The van der Waals surface area contributed by atoms with E-state index in [4.69, 9.17) is 0 Å². The van der Waals surface area contributed by atoms with E-state index < -0.39 is 0 Å². The van der Waals surface area contributed by atoms with Crippen molar-refractivity contribution in [1.82, 2.24) is 9.88 Å². The van der Waals surface area contributed by atoms with Gasteiger partial charge in [0.2, 0.25) is 17.7 Å². The van der Waals surface area contributed by atoms with Crippen LogP contribution in [0.3, 0.4) is 0 Å². The molecule has 32 heavy (non-hydrogen) atoms. The van der Waals surface area contributed by atoms with Gasteiger partial charge >= 0.3 is 0 Å². The average molecular weight is 436 g/mol. The van der Waals surface area contributed by atoms with E-state index in [0.717, 1.165) is 37.2 Å². The van der Waals surface area contributed by atoms with Crippen LogP contribution in [0.1, 0.15) is 31.4 Å². The van der Waals surface area contributed by atoms with Crippen molar-refractivity contribution >= 4 is 34.9 Å². The highest BCUT2D eigenvalue weighted by Crippen LogP contribution is 2.29. The summed E-state index contributed by atoms with van der Waals surface area (Å²) in [7, 11) is 0. The molecular formula is C24H29N5O3. The van der Waals surface area contributed by atoms with Crippen molar-refractivity contribution in [2.75, 3.05) is 41.7 Å². The highest BCUT2D eigenvalue weighted by molar-refractivity contribution is 6.02. The quantitative estimate of drug-likeness (QED) is 0.728. The van der Waals surface area contributed by atoms with Crippen LogP contribution in [0.25, 0.3) is 0 Å². The fourth-order valence-corrected chi connectivity index (χ4v) is 4.36. The summed E-state index contributed by atoms with van der Waals surface area (Å²) in [6.45, 7) is 4.05. The number of para-hydroxylation sites is 2. The normalized spacial score (nSPS) is 19.1. The zero-order valence-electron chi connectivity index (χ0n) is 18.3. The molecule has 0 aliphatic carbocycles. The van der Waals surface area contributed by atoms with Gasteiger partial charge in [0.15, 0.2) is 0 Å². The summed E-state index contributed by atoms with van der Waals surface area (Å²) in [5.74, 6) is 0.239. The summed E-state index contributed by atoms with van der Waals surface area (Å²) in [5, 5.41) is 5.85. The number of carbonyl (C=O) groups is 3. The molecule has 0 radical (unpaired) electrons. The number of likely N-dealkylation sites (tertiary alicyclic amines) is 1. The molecule has 2 aromatic rings. The van der Waals surface area contributed by atoms with Crippen molar-refractivity contribution in [3.8, 4) is 0 Å². The molecule has 0 saturated carbocycles. The van der Waals surface area contributed by atoms with Crippen LogP contribution in [0.4, 0.5) is 17.2 Å². The second-order valence-corrected chi connectivity index (χ2v) is 8.44. The minimum absolute atomic E-state index is 0.0638. The maximum absolute atomic E-state index is 12.8. The van der Waals surface area contributed by atoms with Crippen LogP contribution in [0.2, 0.25) is 0 Å². The molecule has 3 heterocycles. The maximum Gasteiger partial charge on any atom is 0.238 e. The van der Waals surface area contributed by atoms with Gasteiger partial charge in [-0.3, -0.25) is 19.3 Å². The van der Waals surface area contributed by atoms with Crippen molar-refractivity contribution in [3.05, 3.63) is 48.2 Å². The Kier molecular flexibility index (Phi) is 6.80. The van der Waals surface area contributed by atoms with E-state index in [1.165, 1.54) is 0 Å². The number of aromatic nitrogens is 1. The van der Waals surface area contributed by atoms with Crippen LogP contribution >= 0.6 is 0 Å². The average Bonchev–Trinajstić information content (AvgIpc) is 3.20. The molecule has 2 aliphatic heterocycles.